The van der Waals surface area contributed by atoms with Gasteiger partial charge >= 0.3 is 0 Å². The Bertz CT molecular complexity index is 4980. The van der Waals surface area contributed by atoms with Gasteiger partial charge in [0, 0.05) is 76.2 Å². The Morgan fingerprint density at radius 1 is 0.313 bits per heavy atom. The van der Waals surface area contributed by atoms with Crippen molar-refractivity contribution in [3.8, 4) is 50.2 Å². The van der Waals surface area contributed by atoms with Crippen molar-refractivity contribution in [2.45, 2.75) is 5.41 Å². The molecule has 83 heavy (non-hydrogen) atoms. The third kappa shape index (κ3) is 7.10. The van der Waals surface area contributed by atoms with Crippen molar-refractivity contribution in [2.24, 2.45) is 0 Å². The number of anilines is 6. The smallest absolute Gasteiger partial charge is 0.0726 e. The highest BCUT2D eigenvalue weighted by molar-refractivity contribution is 7.26. The highest BCUT2D eigenvalue weighted by atomic mass is 32.1. The molecule has 0 amide bonds. The van der Waals surface area contributed by atoms with Crippen LogP contribution < -0.4 is 9.80 Å². The molecule has 388 valence electrons. The van der Waals surface area contributed by atoms with E-state index in [-0.39, 0.29) is 0 Å². The van der Waals surface area contributed by atoms with E-state index in [1.807, 2.05) is 11.3 Å². The molecule has 0 aliphatic heterocycles. The molecular weight excluding hydrogens is 1020 g/mol. The largest absolute Gasteiger partial charge is 0.310 e. The normalized spacial score (nSPS) is 12.7. The van der Waals surface area contributed by atoms with Gasteiger partial charge in [0.15, 0.2) is 0 Å². The summed E-state index contributed by atoms with van der Waals surface area (Å²) in [6, 6.07) is 115. The van der Waals surface area contributed by atoms with E-state index in [0.717, 1.165) is 45.4 Å². The Morgan fingerprint density at radius 2 is 0.819 bits per heavy atom. The minimum Gasteiger partial charge on any atom is -0.310 e. The second-order valence-corrected chi connectivity index (χ2v) is 22.9. The van der Waals surface area contributed by atoms with E-state index >= 15 is 0 Å². The summed E-state index contributed by atoms with van der Waals surface area (Å²) in [6.45, 7) is 0. The molecule has 0 atom stereocenters. The molecule has 0 saturated carbocycles. The molecule has 0 saturated heterocycles. The number of hydrogen-bond donors (Lipinski definition) is 0. The Morgan fingerprint density at radius 3 is 1.51 bits per heavy atom. The molecule has 2 heterocycles. The Balaban J connectivity index is 0.983. The first-order valence-corrected chi connectivity index (χ1v) is 29.4. The zero-order valence-corrected chi connectivity index (χ0v) is 46.0. The van der Waals surface area contributed by atoms with Crippen LogP contribution in [0.4, 0.5) is 34.1 Å². The Hall–Kier alpha value is -10.5. The zero-order valence-electron chi connectivity index (χ0n) is 45.2. The van der Waals surface area contributed by atoms with Crippen molar-refractivity contribution in [1.82, 2.24) is 4.57 Å². The number of nitrogens with zero attached hydrogens (tertiary/aromatic N) is 3. The van der Waals surface area contributed by atoms with E-state index in [1.54, 1.807) is 0 Å². The summed E-state index contributed by atoms with van der Waals surface area (Å²) >= 11 is 1.89. The van der Waals surface area contributed by atoms with Crippen LogP contribution in [0.3, 0.4) is 0 Å². The van der Waals surface area contributed by atoms with Crippen LogP contribution in [-0.4, -0.2) is 4.57 Å². The summed E-state index contributed by atoms with van der Waals surface area (Å²) in [5.41, 5.74) is 24.5. The van der Waals surface area contributed by atoms with Gasteiger partial charge in [-0.3, -0.25) is 0 Å². The number of thiophene rings is 1. The first-order chi connectivity index (χ1) is 41.2. The maximum absolute atomic E-state index is 2.54. The third-order valence-corrected chi connectivity index (χ3v) is 18.7. The fraction of sp³-hybridized carbons (Fsp3) is 0.0127. The van der Waals surface area contributed by atoms with Crippen molar-refractivity contribution in [3.63, 3.8) is 0 Å². The number of benzene rings is 13. The van der Waals surface area contributed by atoms with Gasteiger partial charge in [-0.1, -0.05) is 218 Å². The summed E-state index contributed by atoms with van der Waals surface area (Å²) in [5, 5.41) is 4.97. The average molecular weight is 1070 g/mol. The monoisotopic (exact) mass is 1070 g/mol. The predicted octanol–water partition coefficient (Wildman–Crippen LogP) is 21.8. The molecule has 3 nitrogen and oxygen atoms in total. The van der Waals surface area contributed by atoms with Crippen LogP contribution in [0, 0.1) is 0 Å². The Labute approximate surface area is 486 Å². The molecule has 0 bridgehead atoms. The quantitative estimate of drug-likeness (QED) is 0.143. The molecule has 2 aliphatic rings. The van der Waals surface area contributed by atoms with Crippen molar-refractivity contribution in [3.05, 3.63) is 332 Å². The summed E-state index contributed by atoms with van der Waals surface area (Å²) in [4.78, 5) is 4.98. The van der Waals surface area contributed by atoms with Crippen LogP contribution in [0.5, 0.6) is 0 Å². The van der Waals surface area contributed by atoms with Crippen LogP contribution in [0.15, 0.2) is 309 Å². The van der Waals surface area contributed by atoms with Gasteiger partial charge in [0.25, 0.3) is 0 Å². The molecule has 0 unspecified atom stereocenters. The average Bonchev–Trinajstić information content (AvgIpc) is 1.58. The van der Waals surface area contributed by atoms with E-state index < -0.39 is 5.41 Å². The maximum atomic E-state index is 2.54. The van der Waals surface area contributed by atoms with Crippen LogP contribution in [-0.2, 0) is 5.41 Å². The van der Waals surface area contributed by atoms with Crippen molar-refractivity contribution in [1.29, 1.82) is 0 Å². The van der Waals surface area contributed by atoms with Gasteiger partial charge in [0.2, 0.25) is 0 Å². The molecule has 0 radical (unpaired) electrons. The van der Waals surface area contributed by atoms with Gasteiger partial charge in [-0.15, -0.1) is 11.3 Å². The number of hydrogen-bond acceptors (Lipinski definition) is 3. The summed E-state index contributed by atoms with van der Waals surface area (Å²) in [7, 11) is 0. The van der Waals surface area contributed by atoms with E-state index in [9.17, 15) is 0 Å². The third-order valence-electron chi connectivity index (χ3n) is 17.5. The lowest BCUT2D eigenvalue weighted by molar-refractivity contribution is 0.794. The SMILES string of the molecule is c1ccc(-c2ccc(N(c3ccccc3)c3cc(-c4cc5c6ccccc6n(-c6ccccc6)c5c5c4sc4ccccc45)cc(N(c4ccccc4)c4cccc5c4-c4ccccc4C54c5ccccc5-c5ccccc54)c3)cc2)cc1. The van der Waals surface area contributed by atoms with Crippen LogP contribution in [0.25, 0.3) is 92.2 Å². The van der Waals surface area contributed by atoms with Gasteiger partial charge in [0.05, 0.1) is 22.1 Å². The topological polar surface area (TPSA) is 11.4 Å². The molecule has 4 heteroatoms. The summed E-state index contributed by atoms with van der Waals surface area (Å²) < 4.78 is 5.00. The van der Waals surface area contributed by atoms with Gasteiger partial charge < -0.3 is 14.4 Å². The Kier molecular flexibility index (Phi) is 10.7. The standard InChI is InChI=1S/C79H51N3S/c1-5-24-52(25-6-1)53-44-46-58(47-45-53)80(55-26-7-2-8-27-55)59-48-54(66-51-67-63-34-16-21-41-72(63)82(57-30-11-4-12-31-57)77(67)76-65-36-17-22-43-74(65)83-78(66)76)49-60(50-59)81(56-28-9-3-10-29-56)73-42-23-40-71-75(73)64-35-15-20-39-70(64)79(71)68-37-18-13-32-61(68)62-33-14-19-38-69(62)79/h1-51H. The van der Waals surface area contributed by atoms with E-state index in [0.29, 0.717) is 0 Å². The van der Waals surface area contributed by atoms with Crippen molar-refractivity contribution < 1.29 is 0 Å². The minimum atomic E-state index is -0.512. The number of fused-ring (bicyclic) bond motifs is 17. The van der Waals surface area contributed by atoms with Crippen molar-refractivity contribution in [2.75, 3.05) is 9.80 Å². The van der Waals surface area contributed by atoms with Crippen LogP contribution >= 0.6 is 11.3 Å². The van der Waals surface area contributed by atoms with E-state index in [2.05, 4.69) is 324 Å². The van der Waals surface area contributed by atoms with Crippen LogP contribution in [0.2, 0.25) is 0 Å². The lowest BCUT2D eigenvalue weighted by Crippen LogP contribution is -2.26. The molecule has 15 aromatic rings. The first-order valence-electron chi connectivity index (χ1n) is 28.6. The summed E-state index contributed by atoms with van der Waals surface area (Å²) in [6.07, 6.45) is 0. The zero-order chi connectivity index (χ0) is 54.6. The maximum Gasteiger partial charge on any atom is 0.0726 e. The minimum absolute atomic E-state index is 0.512. The fourth-order valence-electron chi connectivity index (χ4n) is 14.2. The number of aromatic nitrogens is 1. The molecule has 13 aromatic carbocycles. The van der Waals surface area contributed by atoms with Gasteiger partial charge in [-0.25, -0.2) is 0 Å². The molecule has 2 aliphatic carbocycles. The van der Waals surface area contributed by atoms with E-state index in [4.69, 9.17) is 0 Å². The number of para-hydroxylation sites is 4. The molecule has 1 spiro atoms. The molecular formula is C79H51N3S. The lowest BCUT2D eigenvalue weighted by Gasteiger charge is -2.33. The molecule has 17 rings (SSSR count). The summed E-state index contributed by atoms with van der Waals surface area (Å²) in [5.74, 6) is 0. The number of rotatable bonds is 9. The molecule has 0 fully saturated rings. The van der Waals surface area contributed by atoms with Crippen molar-refractivity contribution >= 4 is 87.4 Å². The highest BCUT2D eigenvalue weighted by Gasteiger charge is 2.52. The molecule has 0 N–H and O–H groups in total. The lowest BCUT2D eigenvalue weighted by atomic mass is 9.70. The van der Waals surface area contributed by atoms with E-state index in [1.165, 1.54) is 103 Å². The van der Waals surface area contributed by atoms with Gasteiger partial charge in [-0.05, 0) is 147 Å². The molecule has 2 aromatic heterocycles. The van der Waals surface area contributed by atoms with Gasteiger partial charge in [0.1, 0.15) is 0 Å². The second kappa shape index (κ2) is 18.8. The second-order valence-electron chi connectivity index (χ2n) is 21.9. The van der Waals surface area contributed by atoms with Gasteiger partial charge in [-0.2, -0.15) is 0 Å². The highest BCUT2D eigenvalue weighted by Crippen LogP contribution is 2.65. The first kappa shape index (κ1) is 47.3. The predicted molar refractivity (Wildman–Crippen MR) is 350 cm³/mol. The van der Waals surface area contributed by atoms with Crippen LogP contribution in [0.1, 0.15) is 22.3 Å². The fourth-order valence-corrected chi connectivity index (χ4v) is 15.4.